The molecule has 3 nitrogen and oxygen atoms in total. The Hall–Kier alpha value is -1.22. The molecule has 1 aliphatic heterocycles. The zero-order valence-corrected chi connectivity index (χ0v) is 10.0. The van der Waals surface area contributed by atoms with Crippen LogP contribution >= 0.6 is 0 Å². The quantitative estimate of drug-likeness (QED) is 0.745. The van der Waals surface area contributed by atoms with Gasteiger partial charge >= 0.3 is 0 Å². The van der Waals surface area contributed by atoms with Gasteiger partial charge in [-0.25, -0.2) is 0 Å². The van der Waals surface area contributed by atoms with Crippen LogP contribution < -0.4 is 15.4 Å². The molecular weight excluding hydrogens is 200 g/mol. The predicted molar refractivity (Wildman–Crippen MR) is 67.3 cm³/mol. The molecule has 0 unspecified atom stereocenters. The van der Waals surface area contributed by atoms with Crippen molar-refractivity contribution in [2.24, 2.45) is 0 Å². The molecule has 0 saturated heterocycles. The van der Waals surface area contributed by atoms with Crippen LogP contribution in [0.25, 0.3) is 0 Å². The maximum atomic E-state index is 5.47. The van der Waals surface area contributed by atoms with E-state index in [1.165, 1.54) is 11.3 Å². The number of nitrogens with one attached hydrogen (secondary N) is 2. The molecule has 0 bridgehead atoms. The molecule has 1 aromatic rings. The third-order valence-corrected chi connectivity index (χ3v) is 2.70. The Kier molecular flexibility index (Phi) is 3.67. The summed E-state index contributed by atoms with van der Waals surface area (Å²) in [5.74, 6) is 1.05. The Labute approximate surface area is 97.2 Å². The first-order valence-electron chi connectivity index (χ1n) is 5.98. The van der Waals surface area contributed by atoms with Gasteiger partial charge in [0, 0.05) is 31.2 Å². The second-order valence-corrected chi connectivity index (χ2v) is 4.46. The molecule has 16 heavy (non-hydrogen) atoms. The van der Waals surface area contributed by atoms with Crippen LogP contribution in [0.3, 0.4) is 0 Å². The fraction of sp³-hybridized carbons (Fsp3) is 0.538. The van der Waals surface area contributed by atoms with Gasteiger partial charge < -0.3 is 15.4 Å². The highest BCUT2D eigenvalue weighted by Crippen LogP contribution is 2.27. The lowest BCUT2D eigenvalue weighted by Gasteiger charge is -2.10. The Balaban J connectivity index is 1.81. The summed E-state index contributed by atoms with van der Waals surface area (Å²) in [4.78, 5) is 0. The number of benzene rings is 1. The van der Waals surface area contributed by atoms with Gasteiger partial charge in [-0.3, -0.25) is 0 Å². The maximum Gasteiger partial charge on any atom is 0.122 e. The molecule has 1 heterocycles. The topological polar surface area (TPSA) is 33.3 Å². The van der Waals surface area contributed by atoms with Crippen LogP contribution in [0.4, 0.5) is 5.69 Å². The summed E-state index contributed by atoms with van der Waals surface area (Å²) in [5, 5.41) is 6.79. The number of hydrogen-bond donors (Lipinski definition) is 2. The lowest BCUT2D eigenvalue weighted by molar-refractivity contribution is 0.357. The Morgan fingerprint density at radius 2 is 2.19 bits per heavy atom. The van der Waals surface area contributed by atoms with Crippen LogP contribution in [0, 0.1) is 0 Å². The molecule has 0 aliphatic carbocycles. The molecule has 3 heteroatoms. The Bertz CT molecular complexity index is 350. The average molecular weight is 220 g/mol. The van der Waals surface area contributed by atoms with Crippen LogP contribution in [0.15, 0.2) is 18.2 Å². The molecule has 0 radical (unpaired) electrons. The second kappa shape index (κ2) is 5.21. The third kappa shape index (κ3) is 2.89. The molecule has 0 atom stereocenters. The lowest BCUT2D eigenvalue weighted by atomic mass is 10.1. The molecular formula is C13H20N2O. The van der Waals surface area contributed by atoms with Gasteiger partial charge in [0.15, 0.2) is 0 Å². The number of hydrogen-bond acceptors (Lipinski definition) is 3. The summed E-state index contributed by atoms with van der Waals surface area (Å²) in [6.45, 7) is 7.09. The van der Waals surface area contributed by atoms with Crippen molar-refractivity contribution >= 4 is 5.69 Å². The van der Waals surface area contributed by atoms with Gasteiger partial charge in [-0.05, 0) is 23.8 Å². The lowest BCUT2D eigenvalue weighted by Crippen LogP contribution is -2.28. The van der Waals surface area contributed by atoms with Crippen LogP contribution in [0.2, 0.25) is 0 Å². The Morgan fingerprint density at radius 1 is 1.31 bits per heavy atom. The van der Waals surface area contributed by atoms with Crippen molar-refractivity contribution in [3.05, 3.63) is 23.8 Å². The van der Waals surface area contributed by atoms with Crippen LogP contribution in [-0.4, -0.2) is 25.7 Å². The van der Waals surface area contributed by atoms with Gasteiger partial charge in [-0.2, -0.15) is 0 Å². The average Bonchev–Trinajstić information content (AvgIpc) is 2.71. The first-order chi connectivity index (χ1) is 7.75. The molecule has 2 N–H and O–H groups in total. The van der Waals surface area contributed by atoms with Gasteiger partial charge in [0.05, 0.1) is 6.61 Å². The van der Waals surface area contributed by atoms with E-state index < -0.39 is 0 Å². The number of anilines is 1. The first-order valence-corrected chi connectivity index (χ1v) is 5.98. The number of fused-ring (bicyclic) bond motifs is 1. The van der Waals surface area contributed by atoms with Crippen molar-refractivity contribution in [1.29, 1.82) is 0 Å². The molecule has 0 aromatic heterocycles. The molecule has 0 spiro atoms. The van der Waals surface area contributed by atoms with Crippen molar-refractivity contribution in [1.82, 2.24) is 5.32 Å². The van der Waals surface area contributed by atoms with E-state index in [2.05, 4.69) is 42.7 Å². The highest BCUT2D eigenvalue weighted by Gasteiger charge is 2.11. The normalized spacial score (nSPS) is 13.7. The minimum absolute atomic E-state index is 0.551. The van der Waals surface area contributed by atoms with Crippen LogP contribution in [0.1, 0.15) is 19.4 Å². The van der Waals surface area contributed by atoms with Crippen molar-refractivity contribution in [2.45, 2.75) is 26.3 Å². The summed E-state index contributed by atoms with van der Waals surface area (Å²) in [5.41, 5.74) is 2.51. The summed E-state index contributed by atoms with van der Waals surface area (Å²) in [6, 6.07) is 6.88. The molecule has 0 fully saturated rings. The number of ether oxygens (including phenoxy) is 1. The summed E-state index contributed by atoms with van der Waals surface area (Å²) < 4.78 is 5.47. The monoisotopic (exact) mass is 220 g/mol. The van der Waals surface area contributed by atoms with E-state index in [4.69, 9.17) is 4.74 Å². The molecule has 1 aliphatic rings. The van der Waals surface area contributed by atoms with E-state index in [0.29, 0.717) is 6.04 Å². The minimum Gasteiger partial charge on any atom is -0.493 e. The van der Waals surface area contributed by atoms with Gasteiger partial charge in [0.1, 0.15) is 5.75 Å². The molecule has 0 saturated carbocycles. The molecule has 1 aromatic carbocycles. The van der Waals surface area contributed by atoms with Gasteiger partial charge in [0.2, 0.25) is 0 Å². The van der Waals surface area contributed by atoms with Crippen LogP contribution in [0.5, 0.6) is 5.75 Å². The maximum absolute atomic E-state index is 5.47. The Morgan fingerprint density at radius 3 is 3.00 bits per heavy atom. The van der Waals surface area contributed by atoms with Gasteiger partial charge in [-0.15, -0.1) is 0 Å². The first kappa shape index (κ1) is 11.3. The second-order valence-electron chi connectivity index (χ2n) is 4.46. The highest BCUT2D eigenvalue weighted by atomic mass is 16.5. The van der Waals surface area contributed by atoms with E-state index in [1.807, 2.05) is 0 Å². The summed E-state index contributed by atoms with van der Waals surface area (Å²) >= 11 is 0. The fourth-order valence-corrected chi connectivity index (χ4v) is 1.86. The highest BCUT2D eigenvalue weighted by molar-refractivity contribution is 5.52. The van der Waals surface area contributed by atoms with E-state index in [-0.39, 0.29) is 0 Å². The van der Waals surface area contributed by atoms with Crippen LogP contribution in [-0.2, 0) is 6.42 Å². The zero-order valence-electron chi connectivity index (χ0n) is 10.0. The zero-order chi connectivity index (χ0) is 11.4. The van der Waals surface area contributed by atoms with Crippen molar-refractivity contribution in [3.8, 4) is 5.75 Å². The fourth-order valence-electron chi connectivity index (χ4n) is 1.86. The van der Waals surface area contributed by atoms with Gasteiger partial charge in [0.25, 0.3) is 0 Å². The van der Waals surface area contributed by atoms with Crippen molar-refractivity contribution < 1.29 is 4.74 Å². The summed E-state index contributed by atoms with van der Waals surface area (Å²) in [7, 11) is 0. The predicted octanol–water partition coefficient (Wildman–Crippen LogP) is 2.03. The van der Waals surface area contributed by atoms with Gasteiger partial charge in [-0.1, -0.05) is 13.8 Å². The molecule has 88 valence electrons. The van der Waals surface area contributed by atoms with E-state index in [9.17, 15) is 0 Å². The van der Waals surface area contributed by atoms with E-state index in [1.54, 1.807) is 0 Å². The van der Waals surface area contributed by atoms with E-state index in [0.717, 1.165) is 31.9 Å². The number of rotatable bonds is 5. The molecule has 0 amide bonds. The van der Waals surface area contributed by atoms with Crippen molar-refractivity contribution in [2.75, 3.05) is 25.0 Å². The molecule has 2 rings (SSSR count). The standard InChI is InChI=1S/C13H20N2O/c1-10(2)14-6-7-15-12-3-4-13-11(9-12)5-8-16-13/h3-4,9-10,14-15H,5-8H2,1-2H3. The van der Waals surface area contributed by atoms with E-state index >= 15 is 0 Å². The summed E-state index contributed by atoms with van der Waals surface area (Å²) in [6.07, 6.45) is 1.04. The van der Waals surface area contributed by atoms with Crippen molar-refractivity contribution in [3.63, 3.8) is 0 Å². The SMILES string of the molecule is CC(C)NCCNc1ccc2c(c1)CCO2. The minimum atomic E-state index is 0.551. The smallest absolute Gasteiger partial charge is 0.122 e. The third-order valence-electron chi connectivity index (χ3n) is 2.70. The largest absolute Gasteiger partial charge is 0.493 e.